The van der Waals surface area contributed by atoms with Crippen molar-refractivity contribution in [2.24, 2.45) is 0 Å². The first-order valence-corrected chi connectivity index (χ1v) is 8.99. The van der Waals surface area contributed by atoms with Gasteiger partial charge in [0, 0.05) is 30.9 Å². The molecular formula is C19H24N6. The molecule has 6 nitrogen and oxygen atoms in total. The zero-order chi connectivity index (χ0) is 17.1. The van der Waals surface area contributed by atoms with Crippen molar-refractivity contribution in [3.05, 3.63) is 54.0 Å². The van der Waals surface area contributed by atoms with Gasteiger partial charge < -0.3 is 5.32 Å². The number of piperidine rings is 1. The molecule has 3 aromatic rings. The van der Waals surface area contributed by atoms with Gasteiger partial charge in [0.1, 0.15) is 12.1 Å². The lowest BCUT2D eigenvalue weighted by Crippen LogP contribution is -2.43. The van der Waals surface area contributed by atoms with Crippen LogP contribution >= 0.6 is 0 Å². The molecule has 0 aliphatic carbocycles. The predicted octanol–water partition coefficient (Wildman–Crippen LogP) is 2.90. The Morgan fingerprint density at radius 1 is 1.20 bits per heavy atom. The monoisotopic (exact) mass is 336 g/mol. The molecule has 3 heterocycles. The summed E-state index contributed by atoms with van der Waals surface area (Å²) in [4.78, 5) is 11.2. The van der Waals surface area contributed by atoms with Gasteiger partial charge in [0.25, 0.3) is 5.78 Å². The number of hydrogen-bond acceptors (Lipinski definition) is 5. The van der Waals surface area contributed by atoms with E-state index in [0.717, 1.165) is 31.1 Å². The van der Waals surface area contributed by atoms with Gasteiger partial charge in [-0.05, 0) is 31.9 Å². The third kappa shape index (κ3) is 3.64. The van der Waals surface area contributed by atoms with Crippen molar-refractivity contribution in [2.45, 2.75) is 38.8 Å². The highest BCUT2D eigenvalue weighted by atomic mass is 15.4. The van der Waals surface area contributed by atoms with E-state index in [2.05, 4.69) is 55.6 Å². The SMILES string of the molecule is Cc1cc(NCC2CCCCN2Cc2ccccc2)n2ncnc2n1. The smallest absolute Gasteiger partial charge is 0.254 e. The van der Waals surface area contributed by atoms with Crippen LogP contribution in [0, 0.1) is 6.92 Å². The Kier molecular flexibility index (Phi) is 4.61. The van der Waals surface area contributed by atoms with E-state index in [1.165, 1.54) is 24.8 Å². The first-order chi connectivity index (χ1) is 12.3. The molecule has 2 aromatic heterocycles. The first-order valence-electron chi connectivity index (χ1n) is 8.99. The lowest BCUT2D eigenvalue weighted by Gasteiger charge is -2.36. The number of likely N-dealkylation sites (tertiary alicyclic amines) is 1. The summed E-state index contributed by atoms with van der Waals surface area (Å²) in [5, 5.41) is 7.86. The lowest BCUT2D eigenvalue weighted by molar-refractivity contribution is 0.148. The quantitative estimate of drug-likeness (QED) is 0.776. The summed E-state index contributed by atoms with van der Waals surface area (Å²) in [5.41, 5.74) is 2.33. The molecule has 1 atom stereocenters. The van der Waals surface area contributed by atoms with E-state index in [4.69, 9.17) is 0 Å². The third-order valence-corrected chi connectivity index (χ3v) is 4.88. The summed E-state index contributed by atoms with van der Waals surface area (Å²) in [6, 6.07) is 13.3. The fourth-order valence-corrected chi connectivity index (χ4v) is 3.60. The summed E-state index contributed by atoms with van der Waals surface area (Å²) in [6.45, 7) is 5.07. The van der Waals surface area contributed by atoms with Gasteiger partial charge in [0.15, 0.2) is 0 Å². The molecule has 1 aromatic carbocycles. The zero-order valence-electron chi connectivity index (χ0n) is 14.6. The molecule has 0 spiro atoms. The molecule has 0 saturated carbocycles. The minimum absolute atomic E-state index is 0.529. The van der Waals surface area contributed by atoms with Crippen LogP contribution in [0.15, 0.2) is 42.7 Å². The van der Waals surface area contributed by atoms with E-state index < -0.39 is 0 Å². The molecule has 4 rings (SSSR count). The van der Waals surface area contributed by atoms with Crippen LogP contribution in [0.1, 0.15) is 30.5 Å². The van der Waals surface area contributed by atoms with E-state index in [1.807, 2.05) is 13.0 Å². The number of nitrogens with one attached hydrogen (secondary N) is 1. The minimum Gasteiger partial charge on any atom is -0.368 e. The van der Waals surface area contributed by atoms with Gasteiger partial charge in [0.05, 0.1) is 0 Å². The van der Waals surface area contributed by atoms with Crippen molar-refractivity contribution in [3.8, 4) is 0 Å². The van der Waals surface area contributed by atoms with Crippen LogP contribution in [0.5, 0.6) is 0 Å². The highest BCUT2D eigenvalue weighted by Crippen LogP contribution is 2.20. The molecule has 1 aliphatic heterocycles. The highest BCUT2D eigenvalue weighted by molar-refractivity contribution is 5.44. The van der Waals surface area contributed by atoms with Crippen molar-refractivity contribution in [3.63, 3.8) is 0 Å². The summed E-state index contributed by atoms with van der Waals surface area (Å²) in [6.07, 6.45) is 5.36. The lowest BCUT2D eigenvalue weighted by atomic mass is 10.0. The largest absolute Gasteiger partial charge is 0.368 e. The highest BCUT2D eigenvalue weighted by Gasteiger charge is 2.22. The second-order valence-electron chi connectivity index (χ2n) is 6.74. The normalized spacial score (nSPS) is 18.5. The number of aromatic nitrogens is 4. The minimum atomic E-state index is 0.529. The van der Waals surface area contributed by atoms with E-state index in [1.54, 1.807) is 10.8 Å². The van der Waals surface area contributed by atoms with Gasteiger partial charge in [-0.1, -0.05) is 36.8 Å². The van der Waals surface area contributed by atoms with E-state index in [0.29, 0.717) is 11.8 Å². The van der Waals surface area contributed by atoms with Crippen molar-refractivity contribution >= 4 is 11.6 Å². The standard InChI is InChI=1S/C19H24N6/c1-15-11-18(25-19(23-15)21-14-22-25)20-12-17-9-5-6-10-24(17)13-16-7-3-2-4-8-16/h2-4,7-8,11,14,17,20H,5-6,9-10,12-13H2,1H3. The molecule has 1 saturated heterocycles. The number of benzene rings is 1. The molecule has 6 heteroatoms. The summed E-state index contributed by atoms with van der Waals surface area (Å²) < 4.78 is 1.78. The number of aryl methyl sites for hydroxylation is 1. The van der Waals surface area contributed by atoms with E-state index in [9.17, 15) is 0 Å². The number of nitrogens with zero attached hydrogens (tertiary/aromatic N) is 5. The summed E-state index contributed by atoms with van der Waals surface area (Å²) in [5.74, 6) is 1.61. The Hall–Kier alpha value is -2.47. The summed E-state index contributed by atoms with van der Waals surface area (Å²) in [7, 11) is 0. The van der Waals surface area contributed by atoms with Gasteiger partial charge in [-0.3, -0.25) is 4.90 Å². The average Bonchev–Trinajstić information content (AvgIpc) is 3.10. The molecule has 25 heavy (non-hydrogen) atoms. The third-order valence-electron chi connectivity index (χ3n) is 4.88. The van der Waals surface area contributed by atoms with Crippen molar-refractivity contribution in [1.82, 2.24) is 24.5 Å². The topological polar surface area (TPSA) is 58.4 Å². The molecule has 1 fully saturated rings. The number of hydrogen-bond donors (Lipinski definition) is 1. The Labute approximate surface area is 147 Å². The molecule has 1 N–H and O–H groups in total. The van der Waals surface area contributed by atoms with Crippen molar-refractivity contribution in [1.29, 1.82) is 0 Å². The fourth-order valence-electron chi connectivity index (χ4n) is 3.60. The second kappa shape index (κ2) is 7.19. The zero-order valence-corrected chi connectivity index (χ0v) is 14.6. The Bertz CT molecular complexity index is 828. The predicted molar refractivity (Wildman–Crippen MR) is 98.5 cm³/mol. The molecular weight excluding hydrogens is 312 g/mol. The maximum atomic E-state index is 4.40. The molecule has 130 valence electrons. The van der Waals surface area contributed by atoms with Gasteiger partial charge in [-0.15, -0.1) is 0 Å². The molecule has 1 aliphatic rings. The van der Waals surface area contributed by atoms with E-state index >= 15 is 0 Å². The number of rotatable bonds is 5. The molecule has 0 bridgehead atoms. The van der Waals surface area contributed by atoms with Crippen LogP contribution in [-0.2, 0) is 6.54 Å². The van der Waals surface area contributed by atoms with Gasteiger partial charge in [-0.2, -0.15) is 14.6 Å². The van der Waals surface area contributed by atoms with Gasteiger partial charge in [0.2, 0.25) is 0 Å². The Morgan fingerprint density at radius 2 is 2.08 bits per heavy atom. The van der Waals surface area contributed by atoms with Crippen LogP contribution in [-0.4, -0.2) is 43.6 Å². The fraction of sp³-hybridized carbons (Fsp3) is 0.421. The second-order valence-corrected chi connectivity index (χ2v) is 6.74. The van der Waals surface area contributed by atoms with Crippen LogP contribution in [0.25, 0.3) is 5.78 Å². The van der Waals surface area contributed by atoms with Crippen molar-refractivity contribution in [2.75, 3.05) is 18.4 Å². The van der Waals surface area contributed by atoms with Crippen LogP contribution < -0.4 is 5.32 Å². The van der Waals surface area contributed by atoms with Crippen LogP contribution in [0.3, 0.4) is 0 Å². The van der Waals surface area contributed by atoms with E-state index in [-0.39, 0.29) is 0 Å². The van der Waals surface area contributed by atoms with Crippen LogP contribution in [0.2, 0.25) is 0 Å². The Morgan fingerprint density at radius 3 is 2.96 bits per heavy atom. The van der Waals surface area contributed by atoms with Gasteiger partial charge >= 0.3 is 0 Å². The van der Waals surface area contributed by atoms with Gasteiger partial charge in [-0.25, -0.2) is 4.98 Å². The van der Waals surface area contributed by atoms with Crippen LogP contribution in [0.4, 0.5) is 5.82 Å². The summed E-state index contributed by atoms with van der Waals surface area (Å²) >= 11 is 0. The molecule has 1 unspecified atom stereocenters. The molecule has 0 amide bonds. The van der Waals surface area contributed by atoms with Crippen molar-refractivity contribution < 1.29 is 0 Å². The number of anilines is 1. The number of fused-ring (bicyclic) bond motifs is 1. The first kappa shape index (κ1) is 16.0. The molecule has 0 radical (unpaired) electrons. The maximum Gasteiger partial charge on any atom is 0.254 e. The maximum absolute atomic E-state index is 4.40. The average molecular weight is 336 g/mol. The Balaban J connectivity index is 1.47.